The van der Waals surface area contributed by atoms with E-state index in [4.69, 9.17) is 0 Å². The Balaban J connectivity index is 1.33. The largest absolute Gasteiger partial charge is 0.480 e. The summed E-state index contributed by atoms with van der Waals surface area (Å²) < 4.78 is 0. The van der Waals surface area contributed by atoms with E-state index >= 15 is 0 Å². The van der Waals surface area contributed by atoms with Crippen LogP contribution in [0, 0.1) is 5.92 Å². The van der Waals surface area contributed by atoms with Crippen molar-refractivity contribution in [2.75, 3.05) is 31.1 Å². The van der Waals surface area contributed by atoms with E-state index in [2.05, 4.69) is 20.1 Å². The monoisotopic (exact) mass is 386 g/mol. The van der Waals surface area contributed by atoms with Crippen molar-refractivity contribution in [2.45, 2.75) is 57.0 Å². The Morgan fingerprint density at radius 2 is 1.96 bits per heavy atom. The van der Waals surface area contributed by atoms with E-state index in [1.165, 1.54) is 19.3 Å². The zero-order valence-electron chi connectivity index (χ0n) is 16.3. The highest BCUT2D eigenvalue weighted by Crippen LogP contribution is 2.34. The highest BCUT2D eigenvalue weighted by atomic mass is 16.4. The van der Waals surface area contributed by atoms with Gasteiger partial charge in [-0.15, -0.1) is 0 Å². The first kappa shape index (κ1) is 19.2. The highest BCUT2D eigenvalue weighted by molar-refractivity contribution is 5.99. The van der Waals surface area contributed by atoms with Crippen LogP contribution in [0.5, 0.6) is 0 Å². The zero-order chi connectivity index (χ0) is 19.5. The van der Waals surface area contributed by atoms with E-state index in [1.54, 1.807) is 6.20 Å². The van der Waals surface area contributed by atoms with Gasteiger partial charge in [-0.25, -0.2) is 4.98 Å². The van der Waals surface area contributed by atoms with Crippen LogP contribution in [-0.4, -0.2) is 65.1 Å². The summed E-state index contributed by atoms with van der Waals surface area (Å²) in [6, 6.07) is 4.04. The van der Waals surface area contributed by atoms with E-state index < -0.39 is 5.97 Å². The van der Waals surface area contributed by atoms with E-state index in [-0.39, 0.29) is 24.5 Å². The number of rotatable bonds is 8. The van der Waals surface area contributed by atoms with Gasteiger partial charge in [-0.2, -0.15) is 0 Å². The molecule has 4 rings (SSSR count). The lowest BCUT2D eigenvalue weighted by Crippen LogP contribution is -2.55. The molecule has 28 heavy (non-hydrogen) atoms. The van der Waals surface area contributed by atoms with Crippen molar-refractivity contribution in [3.8, 4) is 0 Å². The lowest BCUT2D eigenvalue weighted by atomic mass is 9.85. The van der Waals surface area contributed by atoms with Crippen molar-refractivity contribution in [1.82, 2.24) is 15.2 Å². The molecule has 152 valence electrons. The average molecular weight is 386 g/mol. The minimum atomic E-state index is -0.769. The molecule has 1 amide bonds. The number of anilines is 1. The number of aliphatic carboxylic acids is 1. The Morgan fingerprint density at radius 3 is 2.64 bits per heavy atom. The van der Waals surface area contributed by atoms with Gasteiger partial charge in [0.2, 0.25) is 0 Å². The molecule has 0 spiro atoms. The molecule has 1 saturated heterocycles. The third kappa shape index (κ3) is 4.63. The standard InChI is InChI=1S/C21H30N4O3/c26-19(27)14-25(13-15-6-7-15)17-11-16(12-17)23-21(28)18-5-4-8-22-20(18)24-9-2-1-3-10-24/h4-5,8,15-17H,1-3,6-7,9-14H2,(H,23,28)(H,26,27). The highest BCUT2D eigenvalue weighted by Gasteiger charge is 2.38. The molecule has 2 aliphatic carbocycles. The molecule has 1 aromatic rings. The third-order valence-electron chi connectivity index (χ3n) is 6.18. The molecule has 7 heteroatoms. The van der Waals surface area contributed by atoms with Gasteiger partial charge in [0.15, 0.2) is 0 Å². The Bertz CT molecular complexity index is 709. The summed E-state index contributed by atoms with van der Waals surface area (Å²) in [4.78, 5) is 32.8. The molecule has 1 aliphatic heterocycles. The summed E-state index contributed by atoms with van der Waals surface area (Å²) in [6.45, 7) is 2.88. The second kappa shape index (κ2) is 8.47. The summed E-state index contributed by atoms with van der Waals surface area (Å²) in [5.74, 6) is 0.617. The maximum absolute atomic E-state index is 12.9. The van der Waals surface area contributed by atoms with Gasteiger partial charge >= 0.3 is 5.97 Å². The van der Waals surface area contributed by atoms with Crippen molar-refractivity contribution in [2.24, 2.45) is 5.92 Å². The van der Waals surface area contributed by atoms with E-state index in [0.717, 1.165) is 51.1 Å². The van der Waals surface area contributed by atoms with Crippen LogP contribution in [0.1, 0.15) is 55.3 Å². The second-order valence-corrected chi connectivity index (χ2v) is 8.48. The molecule has 0 aromatic carbocycles. The Labute approximate surface area is 166 Å². The fourth-order valence-corrected chi connectivity index (χ4v) is 4.35. The molecule has 2 heterocycles. The number of hydrogen-bond donors (Lipinski definition) is 2. The molecule has 0 bridgehead atoms. The Kier molecular flexibility index (Phi) is 5.80. The summed E-state index contributed by atoms with van der Waals surface area (Å²) >= 11 is 0. The van der Waals surface area contributed by atoms with Crippen LogP contribution < -0.4 is 10.2 Å². The number of amides is 1. The van der Waals surface area contributed by atoms with E-state index in [9.17, 15) is 14.7 Å². The van der Waals surface area contributed by atoms with Crippen LogP contribution in [0.4, 0.5) is 5.82 Å². The van der Waals surface area contributed by atoms with Crippen molar-refractivity contribution >= 4 is 17.7 Å². The second-order valence-electron chi connectivity index (χ2n) is 8.48. The fourth-order valence-electron chi connectivity index (χ4n) is 4.35. The predicted molar refractivity (Wildman–Crippen MR) is 107 cm³/mol. The van der Waals surface area contributed by atoms with Gasteiger partial charge in [0.1, 0.15) is 5.82 Å². The lowest BCUT2D eigenvalue weighted by molar-refractivity contribution is -0.139. The molecule has 2 N–H and O–H groups in total. The van der Waals surface area contributed by atoms with Gasteiger partial charge in [-0.1, -0.05) is 0 Å². The van der Waals surface area contributed by atoms with Crippen LogP contribution in [-0.2, 0) is 4.79 Å². The first-order valence-electron chi connectivity index (χ1n) is 10.6. The van der Waals surface area contributed by atoms with Gasteiger partial charge in [0.05, 0.1) is 12.1 Å². The molecule has 3 aliphatic rings. The van der Waals surface area contributed by atoms with Gasteiger partial charge in [-0.05, 0) is 63.0 Å². The molecule has 3 fully saturated rings. The SMILES string of the molecule is O=C(O)CN(CC1CC1)C1CC(NC(=O)c2cccnc2N2CCCCC2)C1. The number of carboxylic acids is 1. The Morgan fingerprint density at radius 1 is 1.21 bits per heavy atom. The summed E-state index contributed by atoms with van der Waals surface area (Å²) in [7, 11) is 0. The van der Waals surface area contributed by atoms with Crippen LogP contribution in [0.3, 0.4) is 0 Å². The number of pyridine rings is 1. The lowest BCUT2D eigenvalue weighted by Gasteiger charge is -2.42. The number of nitrogens with zero attached hydrogens (tertiary/aromatic N) is 3. The van der Waals surface area contributed by atoms with Crippen LogP contribution in [0.15, 0.2) is 18.3 Å². The topological polar surface area (TPSA) is 85.8 Å². The van der Waals surface area contributed by atoms with Crippen molar-refractivity contribution in [1.29, 1.82) is 0 Å². The number of carbonyl (C=O) groups is 2. The molecule has 0 atom stereocenters. The molecule has 2 saturated carbocycles. The quantitative estimate of drug-likeness (QED) is 0.712. The molecule has 0 radical (unpaired) electrons. The maximum Gasteiger partial charge on any atom is 0.317 e. The molecular weight excluding hydrogens is 356 g/mol. The third-order valence-corrected chi connectivity index (χ3v) is 6.18. The normalized spacial score (nSPS) is 24.7. The summed E-state index contributed by atoms with van der Waals surface area (Å²) in [5, 5.41) is 12.3. The minimum absolute atomic E-state index is 0.0656. The van der Waals surface area contributed by atoms with Crippen LogP contribution in [0.25, 0.3) is 0 Å². The first-order chi connectivity index (χ1) is 13.6. The number of carbonyl (C=O) groups excluding carboxylic acids is 1. The zero-order valence-corrected chi connectivity index (χ0v) is 16.3. The molecule has 0 unspecified atom stereocenters. The number of aromatic nitrogens is 1. The van der Waals surface area contributed by atoms with Crippen molar-refractivity contribution < 1.29 is 14.7 Å². The minimum Gasteiger partial charge on any atom is -0.480 e. The number of carboxylic acid groups (broad SMARTS) is 1. The molecular formula is C21H30N4O3. The molecule has 1 aromatic heterocycles. The van der Waals surface area contributed by atoms with Gasteiger partial charge in [0, 0.05) is 37.9 Å². The molecule has 7 nitrogen and oxygen atoms in total. The maximum atomic E-state index is 12.9. The predicted octanol–water partition coefficient (Wildman–Crippen LogP) is 2.13. The Hall–Kier alpha value is -2.15. The van der Waals surface area contributed by atoms with Crippen molar-refractivity contribution in [3.63, 3.8) is 0 Å². The van der Waals surface area contributed by atoms with Gasteiger partial charge < -0.3 is 15.3 Å². The summed E-state index contributed by atoms with van der Waals surface area (Å²) in [6.07, 6.45) is 9.34. The fraction of sp³-hybridized carbons (Fsp3) is 0.667. The van der Waals surface area contributed by atoms with Crippen molar-refractivity contribution in [3.05, 3.63) is 23.9 Å². The number of nitrogens with one attached hydrogen (secondary N) is 1. The van der Waals surface area contributed by atoms with Gasteiger partial charge in [-0.3, -0.25) is 14.5 Å². The van der Waals surface area contributed by atoms with E-state index in [1.807, 2.05) is 12.1 Å². The first-order valence-corrected chi connectivity index (χ1v) is 10.6. The van der Waals surface area contributed by atoms with Gasteiger partial charge in [0.25, 0.3) is 5.91 Å². The number of piperidine rings is 1. The number of hydrogen-bond acceptors (Lipinski definition) is 5. The summed E-state index contributed by atoms with van der Waals surface area (Å²) in [5.41, 5.74) is 0.647. The van der Waals surface area contributed by atoms with Crippen LogP contribution in [0.2, 0.25) is 0 Å². The van der Waals surface area contributed by atoms with Crippen LogP contribution >= 0.6 is 0 Å². The average Bonchev–Trinajstić information content (AvgIpc) is 3.48. The van der Waals surface area contributed by atoms with E-state index in [0.29, 0.717) is 11.5 Å². The smallest absolute Gasteiger partial charge is 0.317 e.